The van der Waals surface area contributed by atoms with Crippen LogP contribution in [0, 0.1) is 0 Å². The fraction of sp³-hybridized carbons (Fsp3) is 0.583. The minimum absolute atomic E-state index is 0.0106. The standard InChI is InChI=1S/C12H20BrN3O2S/c1-3-4-5-6-9(2)16-19(17,18)11-7-10(13)8-15-12(11)14/h7-9,16H,3-6H2,1-2H3,(H2,14,15). The minimum Gasteiger partial charge on any atom is -0.383 e. The van der Waals surface area contributed by atoms with Crippen molar-refractivity contribution in [2.75, 3.05) is 5.73 Å². The Morgan fingerprint density at radius 3 is 2.79 bits per heavy atom. The number of anilines is 1. The van der Waals surface area contributed by atoms with Gasteiger partial charge in [-0.25, -0.2) is 18.1 Å². The summed E-state index contributed by atoms with van der Waals surface area (Å²) in [6.07, 6.45) is 5.51. The highest BCUT2D eigenvalue weighted by Gasteiger charge is 2.21. The summed E-state index contributed by atoms with van der Waals surface area (Å²) in [6, 6.07) is 1.35. The summed E-state index contributed by atoms with van der Waals surface area (Å²) in [5.41, 5.74) is 5.62. The molecule has 1 heterocycles. The zero-order valence-electron chi connectivity index (χ0n) is 11.2. The largest absolute Gasteiger partial charge is 0.383 e. The van der Waals surface area contributed by atoms with Gasteiger partial charge in [-0.15, -0.1) is 0 Å². The Hall–Kier alpha value is -0.660. The molecule has 0 aliphatic heterocycles. The van der Waals surface area contributed by atoms with Crippen molar-refractivity contribution >= 4 is 31.8 Å². The quantitative estimate of drug-likeness (QED) is 0.741. The predicted molar refractivity (Wildman–Crippen MR) is 80.3 cm³/mol. The second-order valence-corrected chi connectivity index (χ2v) is 7.15. The molecule has 0 aromatic carbocycles. The number of hydrogen-bond acceptors (Lipinski definition) is 4. The third kappa shape index (κ3) is 5.08. The van der Waals surface area contributed by atoms with E-state index in [2.05, 4.69) is 32.6 Å². The molecule has 0 aliphatic carbocycles. The molecule has 19 heavy (non-hydrogen) atoms. The van der Waals surface area contributed by atoms with Crippen LogP contribution in [0.1, 0.15) is 39.5 Å². The number of nitrogens with one attached hydrogen (secondary N) is 1. The zero-order valence-corrected chi connectivity index (χ0v) is 13.6. The number of halogens is 1. The monoisotopic (exact) mass is 349 g/mol. The summed E-state index contributed by atoms with van der Waals surface area (Å²) in [6.45, 7) is 3.97. The fourth-order valence-electron chi connectivity index (χ4n) is 1.73. The molecule has 3 N–H and O–H groups in total. The third-order valence-electron chi connectivity index (χ3n) is 2.73. The average molecular weight is 350 g/mol. The molecule has 108 valence electrons. The van der Waals surface area contributed by atoms with Crippen LogP contribution in [0.25, 0.3) is 0 Å². The molecule has 0 spiro atoms. The highest BCUT2D eigenvalue weighted by molar-refractivity contribution is 9.10. The van der Waals surface area contributed by atoms with Gasteiger partial charge in [0.2, 0.25) is 10.0 Å². The number of unbranched alkanes of at least 4 members (excludes halogenated alkanes) is 2. The van der Waals surface area contributed by atoms with Gasteiger partial charge < -0.3 is 5.73 Å². The summed E-state index contributed by atoms with van der Waals surface area (Å²) in [5, 5.41) is 0. The number of nitrogens with zero attached hydrogens (tertiary/aromatic N) is 1. The second kappa shape index (κ2) is 7.21. The molecule has 7 heteroatoms. The van der Waals surface area contributed by atoms with Crippen LogP contribution >= 0.6 is 15.9 Å². The predicted octanol–water partition coefficient (Wildman–Crippen LogP) is 2.67. The first kappa shape index (κ1) is 16.4. The molecule has 1 atom stereocenters. The highest BCUT2D eigenvalue weighted by atomic mass is 79.9. The smallest absolute Gasteiger partial charge is 0.244 e. The van der Waals surface area contributed by atoms with Crippen molar-refractivity contribution in [1.29, 1.82) is 0 Å². The number of nitrogen functional groups attached to an aromatic ring is 1. The molecular formula is C12H20BrN3O2S. The van der Waals surface area contributed by atoms with E-state index < -0.39 is 10.0 Å². The molecule has 1 rings (SSSR count). The molecule has 1 aromatic rings. The second-order valence-electron chi connectivity index (χ2n) is 4.56. The van der Waals surface area contributed by atoms with E-state index in [9.17, 15) is 8.42 Å². The topological polar surface area (TPSA) is 85.1 Å². The maximum Gasteiger partial charge on any atom is 0.244 e. The third-order valence-corrected chi connectivity index (χ3v) is 4.79. The molecule has 0 aliphatic rings. The van der Waals surface area contributed by atoms with Crippen LogP contribution in [0.15, 0.2) is 21.6 Å². The first-order valence-corrected chi connectivity index (χ1v) is 8.57. The molecule has 0 amide bonds. The van der Waals surface area contributed by atoms with Crippen LogP contribution in [0.2, 0.25) is 0 Å². The van der Waals surface area contributed by atoms with Crippen molar-refractivity contribution in [3.05, 3.63) is 16.7 Å². The van der Waals surface area contributed by atoms with Gasteiger partial charge in [0, 0.05) is 16.7 Å². The zero-order chi connectivity index (χ0) is 14.5. The van der Waals surface area contributed by atoms with Gasteiger partial charge in [-0.1, -0.05) is 26.2 Å². The summed E-state index contributed by atoms with van der Waals surface area (Å²) in [7, 11) is -3.62. The summed E-state index contributed by atoms with van der Waals surface area (Å²) in [5.74, 6) is 0.0106. The van der Waals surface area contributed by atoms with Gasteiger partial charge in [0.05, 0.1) is 0 Å². The van der Waals surface area contributed by atoms with E-state index in [1.165, 1.54) is 12.3 Å². The first-order chi connectivity index (χ1) is 8.86. The molecule has 5 nitrogen and oxygen atoms in total. The van der Waals surface area contributed by atoms with E-state index in [1.54, 1.807) is 0 Å². The molecule has 1 unspecified atom stereocenters. The SMILES string of the molecule is CCCCCC(C)NS(=O)(=O)c1cc(Br)cnc1N. The van der Waals surface area contributed by atoms with Crippen molar-refractivity contribution in [1.82, 2.24) is 9.71 Å². The molecule has 0 fully saturated rings. The summed E-state index contributed by atoms with van der Waals surface area (Å²) in [4.78, 5) is 3.86. The van der Waals surface area contributed by atoms with Gasteiger partial charge in [-0.3, -0.25) is 0 Å². The van der Waals surface area contributed by atoms with Gasteiger partial charge >= 0.3 is 0 Å². The first-order valence-electron chi connectivity index (χ1n) is 6.30. The maximum absolute atomic E-state index is 12.2. The minimum atomic E-state index is -3.62. The van der Waals surface area contributed by atoms with E-state index in [0.717, 1.165) is 25.7 Å². The number of aromatic nitrogens is 1. The van der Waals surface area contributed by atoms with E-state index in [-0.39, 0.29) is 16.8 Å². The fourth-order valence-corrected chi connectivity index (χ4v) is 3.60. The van der Waals surface area contributed by atoms with Crippen LogP contribution in [0.4, 0.5) is 5.82 Å². The van der Waals surface area contributed by atoms with Crippen LogP contribution in [0.5, 0.6) is 0 Å². The van der Waals surface area contributed by atoms with Gasteiger partial charge in [0.15, 0.2) is 0 Å². The Labute approximate surface area is 123 Å². The molecule has 0 saturated carbocycles. The lowest BCUT2D eigenvalue weighted by atomic mass is 10.1. The van der Waals surface area contributed by atoms with Crippen molar-refractivity contribution < 1.29 is 8.42 Å². The van der Waals surface area contributed by atoms with E-state index >= 15 is 0 Å². The van der Waals surface area contributed by atoms with Gasteiger partial charge in [-0.05, 0) is 35.3 Å². The summed E-state index contributed by atoms with van der Waals surface area (Å²) >= 11 is 3.20. The average Bonchev–Trinajstić information content (AvgIpc) is 2.32. The Bertz CT molecular complexity index is 520. The Balaban J connectivity index is 2.78. The van der Waals surface area contributed by atoms with E-state index in [1.807, 2.05) is 6.92 Å². The molecular weight excluding hydrogens is 330 g/mol. The van der Waals surface area contributed by atoms with Crippen LogP contribution in [-0.2, 0) is 10.0 Å². The highest BCUT2D eigenvalue weighted by Crippen LogP contribution is 2.21. The Morgan fingerprint density at radius 1 is 1.47 bits per heavy atom. The Kier molecular flexibility index (Phi) is 6.22. The van der Waals surface area contributed by atoms with Crippen LogP contribution in [0.3, 0.4) is 0 Å². The number of pyridine rings is 1. The van der Waals surface area contributed by atoms with Crippen LogP contribution < -0.4 is 10.5 Å². The number of hydrogen-bond donors (Lipinski definition) is 2. The lowest BCUT2D eigenvalue weighted by Gasteiger charge is -2.14. The molecule has 0 radical (unpaired) electrons. The maximum atomic E-state index is 12.2. The van der Waals surface area contributed by atoms with E-state index in [4.69, 9.17) is 5.73 Å². The normalized spacial score (nSPS) is 13.4. The van der Waals surface area contributed by atoms with Crippen molar-refractivity contribution in [3.63, 3.8) is 0 Å². The number of rotatable bonds is 7. The van der Waals surface area contributed by atoms with Gasteiger partial charge in [0.1, 0.15) is 10.7 Å². The lowest BCUT2D eigenvalue weighted by molar-refractivity contribution is 0.527. The Morgan fingerprint density at radius 2 is 2.16 bits per heavy atom. The number of nitrogens with two attached hydrogens (primary N) is 1. The van der Waals surface area contributed by atoms with Crippen LogP contribution in [-0.4, -0.2) is 19.4 Å². The van der Waals surface area contributed by atoms with Crippen molar-refractivity contribution in [2.45, 2.75) is 50.5 Å². The van der Waals surface area contributed by atoms with Crippen molar-refractivity contribution in [2.24, 2.45) is 0 Å². The van der Waals surface area contributed by atoms with Gasteiger partial charge in [0.25, 0.3) is 0 Å². The molecule has 1 aromatic heterocycles. The molecule has 0 saturated heterocycles. The molecule has 0 bridgehead atoms. The lowest BCUT2D eigenvalue weighted by Crippen LogP contribution is -2.33. The van der Waals surface area contributed by atoms with Crippen molar-refractivity contribution in [3.8, 4) is 0 Å². The summed E-state index contributed by atoms with van der Waals surface area (Å²) < 4.78 is 27.6. The number of sulfonamides is 1. The van der Waals surface area contributed by atoms with E-state index in [0.29, 0.717) is 4.47 Å². The van der Waals surface area contributed by atoms with Gasteiger partial charge in [-0.2, -0.15) is 0 Å².